The van der Waals surface area contributed by atoms with Crippen molar-refractivity contribution in [3.8, 4) is 11.5 Å². The number of phenols is 1. The van der Waals surface area contributed by atoms with E-state index in [4.69, 9.17) is 9.84 Å². The van der Waals surface area contributed by atoms with Crippen molar-refractivity contribution in [1.29, 1.82) is 0 Å². The monoisotopic (exact) mass is 188 g/mol. The van der Waals surface area contributed by atoms with Crippen LogP contribution in [0.5, 0.6) is 11.5 Å². The van der Waals surface area contributed by atoms with Crippen LogP contribution in [0.15, 0.2) is 12.1 Å². The van der Waals surface area contributed by atoms with E-state index in [1.54, 1.807) is 0 Å². The average molecular weight is 188 g/mol. The Kier molecular flexibility index (Phi) is 3.06. The van der Waals surface area contributed by atoms with Gasteiger partial charge in [0, 0.05) is 12.1 Å². The zero-order chi connectivity index (χ0) is 9.84. The Hall–Kier alpha value is -1.32. The van der Waals surface area contributed by atoms with Crippen LogP contribution in [-0.4, -0.2) is 11.7 Å². The minimum absolute atomic E-state index is 0.124. The van der Waals surface area contributed by atoms with Gasteiger partial charge in [-0.3, -0.25) is 0 Å². The molecule has 1 aromatic carbocycles. The third kappa shape index (κ3) is 2.31. The van der Waals surface area contributed by atoms with Crippen molar-refractivity contribution < 1.29 is 18.6 Å². The quantitative estimate of drug-likeness (QED) is 0.789. The summed E-state index contributed by atoms with van der Waals surface area (Å²) in [5.41, 5.74) is 0. The van der Waals surface area contributed by atoms with E-state index < -0.39 is 17.4 Å². The lowest BCUT2D eigenvalue weighted by Crippen LogP contribution is -1.97. The van der Waals surface area contributed by atoms with Crippen LogP contribution < -0.4 is 4.74 Å². The summed E-state index contributed by atoms with van der Waals surface area (Å²) < 4.78 is 30.3. The molecule has 0 aliphatic carbocycles. The number of phenolic OH excluding ortho intramolecular Hbond substituents is 1. The lowest BCUT2D eigenvalue weighted by molar-refractivity contribution is 0.297. The summed E-state index contributed by atoms with van der Waals surface area (Å²) in [4.78, 5) is 0. The van der Waals surface area contributed by atoms with Gasteiger partial charge in [-0.25, -0.2) is 8.78 Å². The fraction of sp³-hybridized carbons (Fsp3) is 0.333. The van der Waals surface area contributed by atoms with Gasteiger partial charge in [0.15, 0.2) is 23.1 Å². The first kappa shape index (κ1) is 9.77. The molecule has 0 saturated carbocycles. The van der Waals surface area contributed by atoms with E-state index >= 15 is 0 Å². The Morgan fingerprint density at radius 3 is 2.62 bits per heavy atom. The van der Waals surface area contributed by atoms with Crippen LogP contribution in [0.4, 0.5) is 8.78 Å². The summed E-state index contributed by atoms with van der Waals surface area (Å²) in [6, 6.07) is 1.53. The first-order valence-corrected chi connectivity index (χ1v) is 3.96. The summed E-state index contributed by atoms with van der Waals surface area (Å²) in [5.74, 6) is -2.52. The molecule has 0 spiro atoms. The van der Waals surface area contributed by atoms with Gasteiger partial charge in [-0.1, -0.05) is 6.92 Å². The Balaban J connectivity index is 2.88. The molecule has 0 aliphatic rings. The maximum absolute atomic E-state index is 12.9. The summed E-state index contributed by atoms with van der Waals surface area (Å²) in [5, 5.41) is 8.90. The van der Waals surface area contributed by atoms with E-state index in [0.717, 1.165) is 12.5 Å². The molecular formula is C9H10F2O2. The van der Waals surface area contributed by atoms with E-state index in [1.165, 1.54) is 0 Å². The van der Waals surface area contributed by atoms with Gasteiger partial charge in [-0.15, -0.1) is 0 Å². The van der Waals surface area contributed by atoms with Gasteiger partial charge in [0.1, 0.15) is 0 Å². The summed E-state index contributed by atoms with van der Waals surface area (Å²) in [6.07, 6.45) is 0.720. The van der Waals surface area contributed by atoms with Gasteiger partial charge in [0.2, 0.25) is 0 Å². The summed E-state index contributed by atoms with van der Waals surface area (Å²) in [7, 11) is 0. The predicted molar refractivity (Wildman–Crippen MR) is 43.8 cm³/mol. The van der Waals surface area contributed by atoms with E-state index in [9.17, 15) is 8.78 Å². The molecule has 4 heteroatoms. The first-order chi connectivity index (χ1) is 6.15. The van der Waals surface area contributed by atoms with Gasteiger partial charge >= 0.3 is 0 Å². The average Bonchev–Trinajstić information content (AvgIpc) is 2.09. The van der Waals surface area contributed by atoms with E-state index in [0.29, 0.717) is 12.7 Å². The normalized spacial score (nSPS) is 10.1. The molecule has 0 aliphatic heterocycles. The van der Waals surface area contributed by atoms with Crippen molar-refractivity contribution in [3.63, 3.8) is 0 Å². The van der Waals surface area contributed by atoms with Gasteiger partial charge < -0.3 is 9.84 Å². The summed E-state index contributed by atoms with van der Waals surface area (Å²) >= 11 is 0. The lowest BCUT2D eigenvalue weighted by atomic mass is 10.3. The number of hydrogen-bond acceptors (Lipinski definition) is 2. The van der Waals surface area contributed by atoms with E-state index in [2.05, 4.69) is 0 Å². The van der Waals surface area contributed by atoms with Gasteiger partial charge in [0.05, 0.1) is 6.61 Å². The van der Waals surface area contributed by atoms with Crippen LogP contribution in [0.1, 0.15) is 13.3 Å². The molecule has 0 amide bonds. The fourth-order valence-corrected chi connectivity index (χ4v) is 0.841. The number of halogens is 2. The third-order valence-electron chi connectivity index (χ3n) is 1.46. The Morgan fingerprint density at radius 1 is 1.31 bits per heavy atom. The second-order valence-corrected chi connectivity index (χ2v) is 2.58. The van der Waals surface area contributed by atoms with Crippen LogP contribution in [0, 0.1) is 11.6 Å². The van der Waals surface area contributed by atoms with Crippen LogP contribution in [0.25, 0.3) is 0 Å². The molecular weight excluding hydrogens is 178 g/mol. The smallest absolute Gasteiger partial charge is 0.168 e. The largest absolute Gasteiger partial charge is 0.505 e. The molecule has 1 aromatic rings. The Labute approximate surface area is 74.8 Å². The maximum Gasteiger partial charge on any atom is 0.168 e. The standard InChI is InChI=1S/C9H10F2O2/c1-2-3-13-9-5-8(12)6(10)4-7(9)11/h4-5,12H,2-3H2,1H3. The van der Waals surface area contributed by atoms with Crippen LogP contribution in [0.2, 0.25) is 0 Å². The first-order valence-electron chi connectivity index (χ1n) is 3.96. The summed E-state index contributed by atoms with van der Waals surface area (Å²) in [6.45, 7) is 2.20. The minimum atomic E-state index is -0.985. The minimum Gasteiger partial charge on any atom is -0.505 e. The van der Waals surface area contributed by atoms with E-state index in [1.807, 2.05) is 6.92 Å². The van der Waals surface area contributed by atoms with Crippen molar-refractivity contribution >= 4 is 0 Å². The molecule has 0 bridgehead atoms. The predicted octanol–water partition coefficient (Wildman–Crippen LogP) is 2.46. The van der Waals surface area contributed by atoms with Crippen LogP contribution >= 0.6 is 0 Å². The van der Waals surface area contributed by atoms with Crippen molar-refractivity contribution in [2.75, 3.05) is 6.61 Å². The highest BCUT2D eigenvalue weighted by Crippen LogP contribution is 2.25. The molecule has 1 N–H and O–H groups in total. The molecule has 0 saturated heterocycles. The second kappa shape index (κ2) is 4.07. The third-order valence-corrected chi connectivity index (χ3v) is 1.46. The molecule has 2 nitrogen and oxygen atoms in total. The van der Waals surface area contributed by atoms with Crippen molar-refractivity contribution in [1.82, 2.24) is 0 Å². The molecule has 0 fully saturated rings. The Bertz CT molecular complexity index is 300. The molecule has 0 radical (unpaired) electrons. The highest BCUT2D eigenvalue weighted by atomic mass is 19.1. The molecule has 0 unspecified atom stereocenters. The number of hydrogen-bond donors (Lipinski definition) is 1. The molecule has 0 heterocycles. The number of rotatable bonds is 3. The second-order valence-electron chi connectivity index (χ2n) is 2.58. The molecule has 13 heavy (non-hydrogen) atoms. The topological polar surface area (TPSA) is 29.5 Å². The van der Waals surface area contributed by atoms with Gasteiger partial charge in [0.25, 0.3) is 0 Å². The molecule has 72 valence electrons. The van der Waals surface area contributed by atoms with Crippen LogP contribution in [0.3, 0.4) is 0 Å². The van der Waals surface area contributed by atoms with Crippen molar-refractivity contribution in [2.45, 2.75) is 13.3 Å². The SMILES string of the molecule is CCCOc1cc(O)c(F)cc1F. The van der Waals surface area contributed by atoms with Crippen molar-refractivity contribution in [2.24, 2.45) is 0 Å². The van der Waals surface area contributed by atoms with Gasteiger partial charge in [-0.2, -0.15) is 0 Å². The highest BCUT2D eigenvalue weighted by Gasteiger charge is 2.09. The number of aromatic hydroxyl groups is 1. The van der Waals surface area contributed by atoms with Gasteiger partial charge in [-0.05, 0) is 6.42 Å². The molecule has 0 atom stereocenters. The Morgan fingerprint density at radius 2 is 2.00 bits per heavy atom. The van der Waals surface area contributed by atoms with Crippen molar-refractivity contribution in [3.05, 3.63) is 23.8 Å². The number of ether oxygens (including phenoxy) is 1. The molecule has 0 aromatic heterocycles. The van der Waals surface area contributed by atoms with E-state index in [-0.39, 0.29) is 5.75 Å². The highest BCUT2D eigenvalue weighted by molar-refractivity contribution is 5.34. The maximum atomic E-state index is 12.9. The fourth-order valence-electron chi connectivity index (χ4n) is 0.841. The van der Waals surface area contributed by atoms with Crippen LogP contribution in [-0.2, 0) is 0 Å². The molecule has 1 rings (SSSR count). The number of benzene rings is 1. The zero-order valence-electron chi connectivity index (χ0n) is 7.18. The zero-order valence-corrected chi connectivity index (χ0v) is 7.18. The lowest BCUT2D eigenvalue weighted by Gasteiger charge is -2.06.